The molecule has 0 radical (unpaired) electrons. The Labute approximate surface area is 157 Å². The lowest BCUT2D eigenvalue weighted by Gasteiger charge is -2.21. The summed E-state index contributed by atoms with van der Waals surface area (Å²) >= 11 is 0. The number of nitro groups is 1. The van der Waals surface area contributed by atoms with Crippen molar-refractivity contribution in [3.8, 4) is 0 Å². The molecule has 1 atom stereocenters. The molecular weight excluding hydrogens is 368 g/mol. The van der Waals surface area contributed by atoms with Gasteiger partial charge < -0.3 is 0 Å². The summed E-state index contributed by atoms with van der Waals surface area (Å²) in [4.78, 5) is 22.5. The molecule has 8 heteroatoms. The largest absolute Gasteiger partial charge is 0.295 e. The minimum absolute atomic E-state index is 0.0526. The van der Waals surface area contributed by atoms with Crippen LogP contribution in [0.25, 0.3) is 0 Å². The van der Waals surface area contributed by atoms with E-state index >= 15 is 0 Å². The Hall–Kier alpha value is -2.84. The second-order valence-corrected chi connectivity index (χ2v) is 7.73. The van der Waals surface area contributed by atoms with Crippen LogP contribution < -0.4 is 4.72 Å². The SMILES string of the molecule is C=C(C(=O)CC)[C@H](NS(=O)(=O)c1ccc(C)cc1)c1ccc([N+](=O)[O-])cc1. The zero-order valence-corrected chi connectivity index (χ0v) is 15.8. The lowest BCUT2D eigenvalue weighted by molar-refractivity contribution is -0.384. The van der Waals surface area contributed by atoms with E-state index in [0.29, 0.717) is 5.56 Å². The molecule has 0 spiro atoms. The normalized spacial score (nSPS) is 12.4. The van der Waals surface area contributed by atoms with Gasteiger partial charge in [-0.3, -0.25) is 14.9 Å². The standard InChI is InChI=1S/C19H20N2O5S/c1-4-18(22)14(3)19(15-7-9-16(10-8-15)21(23)24)20-27(25,26)17-11-5-13(2)6-12-17/h5-12,19-20H,3-4H2,1-2H3/t19-/m0/s1. The molecule has 0 unspecified atom stereocenters. The molecule has 0 saturated heterocycles. The number of nitrogens with one attached hydrogen (secondary N) is 1. The Morgan fingerprint density at radius 1 is 1.15 bits per heavy atom. The number of benzene rings is 2. The van der Waals surface area contributed by atoms with Gasteiger partial charge in [0.25, 0.3) is 5.69 Å². The summed E-state index contributed by atoms with van der Waals surface area (Å²) in [5.41, 5.74) is 1.24. The maximum absolute atomic E-state index is 12.7. The van der Waals surface area contributed by atoms with Gasteiger partial charge in [0.05, 0.1) is 15.9 Å². The van der Waals surface area contributed by atoms with Crippen molar-refractivity contribution < 1.29 is 18.1 Å². The van der Waals surface area contributed by atoms with Gasteiger partial charge in [-0.15, -0.1) is 0 Å². The third kappa shape index (κ3) is 4.87. The average molecular weight is 388 g/mol. The fraction of sp³-hybridized carbons (Fsp3) is 0.211. The smallest absolute Gasteiger partial charge is 0.269 e. The first-order chi connectivity index (χ1) is 12.7. The summed E-state index contributed by atoms with van der Waals surface area (Å²) < 4.78 is 28.0. The fourth-order valence-electron chi connectivity index (χ4n) is 2.46. The van der Waals surface area contributed by atoms with Crippen LogP contribution in [0.15, 0.2) is 65.6 Å². The van der Waals surface area contributed by atoms with Gasteiger partial charge in [0, 0.05) is 24.1 Å². The minimum Gasteiger partial charge on any atom is -0.295 e. The van der Waals surface area contributed by atoms with Gasteiger partial charge in [-0.2, -0.15) is 4.72 Å². The highest BCUT2D eigenvalue weighted by molar-refractivity contribution is 7.89. The highest BCUT2D eigenvalue weighted by Gasteiger charge is 2.26. The average Bonchev–Trinajstić information content (AvgIpc) is 2.65. The Kier molecular flexibility index (Phi) is 6.24. The number of nitrogens with zero attached hydrogens (tertiary/aromatic N) is 1. The number of carbonyl (C=O) groups is 1. The zero-order valence-electron chi connectivity index (χ0n) is 15.0. The first-order valence-electron chi connectivity index (χ1n) is 8.21. The summed E-state index contributed by atoms with van der Waals surface area (Å²) in [5.74, 6) is -0.301. The topological polar surface area (TPSA) is 106 Å². The molecule has 0 aliphatic carbocycles. The van der Waals surface area contributed by atoms with Crippen LogP contribution in [0.5, 0.6) is 0 Å². The van der Waals surface area contributed by atoms with E-state index in [4.69, 9.17) is 0 Å². The Bertz CT molecular complexity index is 964. The van der Waals surface area contributed by atoms with Crippen molar-refractivity contribution in [2.75, 3.05) is 0 Å². The first-order valence-corrected chi connectivity index (χ1v) is 9.69. The molecule has 0 bridgehead atoms. The van der Waals surface area contributed by atoms with Crippen molar-refractivity contribution in [3.63, 3.8) is 0 Å². The number of non-ortho nitro benzene ring substituents is 1. The third-order valence-corrected chi connectivity index (χ3v) is 5.51. The molecule has 0 saturated carbocycles. The maximum Gasteiger partial charge on any atom is 0.269 e. The van der Waals surface area contributed by atoms with Gasteiger partial charge in [0.2, 0.25) is 10.0 Å². The highest BCUT2D eigenvalue weighted by Crippen LogP contribution is 2.26. The predicted octanol–water partition coefficient (Wildman–Crippen LogP) is 3.46. The number of hydrogen-bond donors (Lipinski definition) is 1. The molecule has 0 aromatic heterocycles. The Morgan fingerprint density at radius 2 is 1.70 bits per heavy atom. The van der Waals surface area contributed by atoms with E-state index in [0.717, 1.165) is 5.56 Å². The maximum atomic E-state index is 12.7. The molecule has 7 nitrogen and oxygen atoms in total. The van der Waals surface area contributed by atoms with E-state index in [2.05, 4.69) is 11.3 Å². The first kappa shape index (κ1) is 20.5. The van der Waals surface area contributed by atoms with E-state index in [9.17, 15) is 23.3 Å². The van der Waals surface area contributed by atoms with E-state index in [1.807, 2.05) is 6.92 Å². The van der Waals surface area contributed by atoms with Gasteiger partial charge in [-0.25, -0.2) is 8.42 Å². The van der Waals surface area contributed by atoms with Crippen LogP contribution in [0, 0.1) is 17.0 Å². The van der Waals surface area contributed by atoms with Gasteiger partial charge in [0.15, 0.2) is 5.78 Å². The van der Waals surface area contributed by atoms with E-state index in [1.165, 1.54) is 36.4 Å². The van der Waals surface area contributed by atoms with Gasteiger partial charge in [-0.05, 0) is 24.6 Å². The van der Waals surface area contributed by atoms with Crippen LogP contribution in [0.2, 0.25) is 0 Å². The number of carbonyl (C=O) groups excluding carboxylic acids is 1. The third-order valence-electron chi connectivity index (χ3n) is 4.07. The summed E-state index contributed by atoms with van der Waals surface area (Å²) in [5, 5.41) is 10.8. The summed E-state index contributed by atoms with van der Waals surface area (Å²) in [7, 11) is -3.93. The molecule has 142 valence electrons. The molecule has 0 aliphatic heterocycles. The summed E-state index contributed by atoms with van der Waals surface area (Å²) in [6.45, 7) is 7.23. The second-order valence-electron chi connectivity index (χ2n) is 6.02. The molecule has 2 aromatic carbocycles. The number of ketones is 1. The van der Waals surface area contributed by atoms with Crippen molar-refractivity contribution in [2.24, 2.45) is 0 Å². The van der Waals surface area contributed by atoms with Crippen LogP contribution in [0.4, 0.5) is 5.69 Å². The van der Waals surface area contributed by atoms with E-state index in [1.54, 1.807) is 19.1 Å². The molecule has 0 heterocycles. The Balaban J connectivity index is 2.43. The monoisotopic (exact) mass is 388 g/mol. The molecule has 1 N–H and O–H groups in total. The van der Waals surface area contributed by atoms with E-state index < -0.39 is 21.0 Å². The number of sulfonamides is 1. The second kappa shape index (κ2) is 8.24. The van der Waals surface area contributed by atoms with Crippen LogP contribution in [0.3, 0.4) is 0 Å². The van der Waals surface area contributed by atoms with Crippen LogP contribution >= 0.6 is 0 Å². The van der Waals surface area contributed by atoms with Crippen molar-refractivity contribution in [3.05, 3.63) is 81.9 Å². The molecule has 0 fully saturated rings. The van der Waals surface area contributed by atoms with Gasteiger partial charge in [0.1, 0.15) is 0 Å². The van der Waals surface area contributed by atoms with Crippen LogP contribution in [-0.2, 0) is 14.8 Å². The number of Topliss-reactive ketones (excluding diaryl/α,β-unsaturated/α-hetero) is 1. The quantitative estimate of drug-likeness (QED) is 0.423. The van der Waals surface area contributed by atoms with Gasteiger partial charge in [-0.1, -0.05) is 43.3 Å². The molecule has 2 aromatic rings. The predicted molar refractivity (Wildman–Crippen MR) is 102 cm³/mol. The molecule has 0 amide bonds. The summed E-state index contributed by atoms with van der Waals surface area (Å²) in [6.07, 6.45) is 0.161. The molecular formula is C19H20N2O5S. The van der Waals surface area contributed by atoms with Crippen molar-refractivity contribution in [2.45, 2.75) is 31.2 Å². The molecule has 27 heavy (non-hydrogen) atoms. The molecule has 2 rings (SSSR count). The number of hydrogen-bond acceptors (Lipinski definition) is 5. The number of rotatable bonds is 8. The van der Waals surface area contributed by atoms with E-state index in [-0.39, 0.29) is 28.4 Å². The number of nitro benzene ring substituents is 1. The Morgan fingerprint density at radius 3 is 2.19 bits per heavy atom. The number of aryl methyl sites for hydroxylation is 1. The summed E-state index contributed by atoms with van der Waals surface area (Å²) in [6, 6.07) is 10.6. The highest BCUT2D eigenvalue weighted by atomic mass is 32.2. The minimum atomic E-state index is -3.93. The fourth-order valence-corrected chi connectivity index (χ4v) is 3.68. The van der Waals surface area contributed by atoms with Crippen LogP contribution in [-0.4, -0.2) is 19.1 Å². The van der Waals surface area contributed by atoms with Crippen molar-refractivity contribution in [1.29, 1.82) is 0 Å². The lowest BCUT2D eigenvalue weighted by Crippen LogP contribution is -2.31. The van der Waals surface area contributed by atoms with Crippen molar-refractivity contribution >= 4 is 21.5 Å². The van der Waals surface area contributed by atoms with Crippen LogP contribution in [0.1, 0.15) is 30.5 Å². The van der Waals surface area contributed by atoms with Crippen molar-refractivity contribution in [1.82, 2.24) is 4.72 Å². The molecule has 0 aliphatic rings. The lowest BCUT2D eigenvalue weighted by atomic mass is 9.96. The van der Waals surface area contributed by atoms with Gasteiger partial charge >= 0.3 is 0 Å². The zero-order chi connectivity index (χ0) is 20.2.